The van der Waals surface area contributed by atoms with Crippen LogP contribution in [0.25, 0.3) is 0 Å². The predicted molar refractivity (Wildman–Crippen MR) is 228 cm³/mol. The van der Waals surface area contributed by atoms with Crippen molar-refractivity contribution in [1.29, 1.82) is 0 Å². The molecule has 0 radical (unpaired) electrons. The summed E-state index contributed by atoms with van der Waals surface area (Å²) >= 11 is 80.5. The van der Waals surface area contributed by atoms with E-state index in [0.717, 1.165) is 22.5 Å². The van der Waals surface area contributed by atoms with Gasteiger partial charge in [-0.3, -0.25) is 0 Å². The molecule has 4 atom stereocenters. The van der Waals surface area contributed by atoms with Crippen LogP contribution in [-0.4, -0.2) is 46.7 Å². The Morgan fingerprint density at radius 2 is 0.574 bits per heavy atom. The van der Waals surface area contributed by atoms with E-state index >= 15 is 0 Å². The molecule has 2 aromatic rings. The fraction of sp³-hybridized carbons (Fsp3) is 0.586. The highest BCUT2D eigenvalue weighted by atomic mass is 35.9. The van der Waals surface area contributed by atoms with Crippen LogP contribution in [0.1, 0.15) is 66.5 Å². The monoisotopic (exact) mass is 950 g/mol. The van der Waals surface area contributed by atoms with Crippen LogP contribution in [0.2, 0.25) is 0 Å². The molecule has 0 saturated heterocycles. The molecule has 18 heteroatoms. The number of nitrogens with zero attached hydrogens (tertiary/aromatic N) is 2. The van der Waals surface area contributed by atoms with Gasteiger partial charge in [-0.15, -0.1) is 133 Å². The van der Waals surface area contributed by atoms with Crippen LogP contribution in [0.4, 0.5) is 11.4 Å². The van der Waals surface area contributed by atoms with Crippen molar-refractivity contribution in [2.75, 3.05) is 9.80 Å². The average molecular weight is 956 g/mol. The molecule has 0 N–H and O–H groups in total. The quantitative estimate of drug-likeness (QED) is 0.122. The maximum absolute atomic E-state index is 6.71. The molecule has 0 saturated carbocycles. The molecule has 0 aromatic heterocycles. The van der Waals surface area contributed by atoms with E-state index in [1.165, 1.54) is 0 Å². The molecule has 2 aromatic carbocycles. The third-order valence-corrected chi connectivity index (χ3v) is 22.5. The molecule has 0 aliphatic carbocycles. The van der Waals surface area contributed by atoms with Crippen LogP contribution in [0.15, 0.2) is 48.5 Å². The summed E-state index contributed by atoms with van der Waals surface area (Å²) in [5, 5.41) is 0. The topological polar surface area (TPSA) is 6.48 Å². The highest BCUT2D eigenvalue weighted by Crippen LogP contribution is 2.44. The molecule has 2 nitrogen and oxygen atoms in total. The molecule has 2 rings (SSSR count). The lowest BCUT2D eigenvalue weighted by atomic mass is 10.0. The maximum Gasteiger partial charge on any atom is 0.363 e. The van der Waals surface area contributed by atoms with E-state index in [4.69, 9.17) is 133 Å². The summed E-state index contributed by atoms with van der Waals surface area (Å²) in [5.74, 6) is 0.0317. The van der Waals surface area contributed by atoms with Gasteiger partial charge in [0.1, 0.15) is 0 Å². The van der Waals surface area contributed by atoms with Crippen molar-refractivity contribution in [3.8, 4) is 0 Å². The first-order chi connectivity index (χ1) is 21.2. The first-order valence-corrected chi connectivity index (χ1v) is 35.7. The van der Waals surface area contributed by atoms with E-state index in [9.17, 15) is 0 Å². The lowest BCUT2D eigenvalue weighted by Gasteiger charge is -2.47. The highest BCUT2D eigenvalue weighted by Gasteiger charge is 2.53. The molecule has 0 bridgehead atoms. The second-order valence-electron chi connectivity index (χ2n) is 13.2. The second kappa shape index (κ2) is 18.1. The second-order valence-corrected chi connectivity index (χ2v) is 48.4. The predicted octanol–water partition coefficient (Wildman–Crippen LogP) is 13.8. The maximum atomic E-state index is 6.71. The van der Waals surface area contributed by atoms with Gasteiger partial charge in [-0.25, -0.2) is 0 Å². The smallest absolute Gasteiger partial charge is 0.363 e. The van der Waals surface area contributed by atoms with Crippen molar-refractivity contribution in [2.24, 2.45) is 23.7 Å². The van der Waals surface area contributed by atoms with Gasteiger partial charge in [-0.1, -0.05) is 79.7 Å². The summed E-state index contributed by atoms with van der Waals surface area (Å²) in [6, 6.07) is 3.16. The molecule has 0 aliphatic rings. The standard InChI is InChI=1S/C29H42Cl12N2Si4/c1-18(2)26(44(30,31)32)42(27(19(3)4)45(33,34)35)24-13-9-22(10-14-24)17-23-11-15-25(16-12-23)43(28(20(5)6)46(36,37)38)29(21(7)8)47(39,40)41/h9-16,18-21,26-29H,17H2,1-8H3. The molecule has 0 fully saturated rings. The van der Waals surface area contributed by atoms with Gasteiger partial charge < -0.3 is 9.80 Å². The Labute approximate surface area is 342 Å². The Kier molecular flexibility index (Phi) is 17.6. The number of rotatable bonds is 16. The van der Waals surface area contributed by atoms with Crippen molar-refractivity contribution < 1.29 is 0 Å². The largest absolute Gasteiger partial charge is 0.363 e. The van der Waals surface area contributed by atoms with Gasteiger partial charge in [-0.2, -0.15) is 0 Å². The number of hydrogen-bond donors (Lipinski definition) is 0. The van der Waals surface area contributed by atoms with E-state index in [2.05, 4.69) is 34.1 Å². The van der Waals surface area contributed by atoms with E-state index < -0.39 is 46.7 Å². The number of halogens is 12. The van der Waals surface area contributed by atoms with Crippen molar-refractivity contribution in [1.82, 2.24) is 0 Å². The van der Waals surface area contributed by atoms with Gasteiger partial charge in [0.2, 0.25) is 0 Å². The van der Waals surface area contributed by atoms with E-state index in [-0.39, 0.29) is 23.7 Å². The van der Waals surface area contributed by atoms with Crippen LogP contribution < -0.4 is 9.80 Å². The zero-order valence-electron chi connectivity index (χ0n) is 27.4. The Morgan fingerprint density at radius 3 is 0.723 bits per heavy atom. The molecular formula is C29H42Cl12N2Si4. The van der Waals surface area contributed by atoms with Gasteiger partial charge in [0.25, 0.3) is 0 Å². The Morgan fingerprint density at radius 1 is 0.383 bits per heavy atom. The molecule has 0 aliphatic heterocycles. The van der Waals surface area contributed by atoms with E-state index in [1.807, 2.05) is 79.7 Å². The van der Waals surface area contributed by atoms with Gasteiger partial charge in [-0.05, 0) is 65.5 Å². The van der Waals surface area contributed by atoms with Gasteiger partial charge in [0, 0.05) is 11.4 Å². The Balaban J connectivity index is 2.55. The fourth-order valence-electron chi connectivity index (χ4n) is 6.22. The third-order valence-electron chi connectivity index (χ3n) is 7.94. The molecule has 47 heavy (non-hydrogen) atoms. The van der Waals surface area contributed by atoms with Gasteiger partial charge >= 0.3 is 24.0 Å². The van der Waals surface area contributed by atoms with Crippen LogP contribution in [0, 0.1) is 23.7 Å². The zero-order chi connectivity index (χ0) is 36.4. The Hall–Kier alpha value is 2.39. The van der Waals surface area contributed by atoms with Crippen LogP contribution in [0.5, 0.6) is 0 Å². The van der Waals surface area contributed by atoms with Crippen LogP contribution in [0.3, 0.4) is 0 Å². The van der Waals surface area contributed by atoms with Crippen LogP contribution in [-0.2, 0) is 6.42 Å². The molecule has 0 heterocycles. The zero-order valence-corrected chi connectivity index (χ0v) is 40.4. The summed E-state index contributed by atoms with van der Waals surface area (Å²) in [5.41, 5.74) is 2.25. The summed E-state index contributed by atoms with van der Waals surface area (Å²) in [4.78, 5) is 4.14. The lowest BCUT2D eigenvalue weighted by Crippen LogP contribution is -2.61. The average Bonchev–Trinajstić information content (AvgIpc) is 2.84. The number of hydrogen-bond acceptors (Lipinski definition) is 2. The fourth-order valence-corrected chi connectivity index (χ4v) is 24.9. The molecule has 268 valence electrons. The minimum Gasteiger partial charge on any atom is -0.363 e. The first-order valence-electron chi connectivity index (χ1n) is 15.2. The van der Waals surface area contributed by atoms with E-state index in [0.29, 0.717) is 6.42 Å². The molecule has 0 amide bonds. The Bertz CT molecular complexity index is 1110. The summed E-state index contributed by atoms with van der Waals surface area (Å²) in [6.45, 7) is 16.2. The van der Waals surface area contributed by atoms with Gasteiger partial charge in [0.15, 0.2) is 0 Å². The van der Waals surface area contributed by atoms with Crippen LogP contribution >= 0.6 is 133 Å². The van der Waals surface area contributed by atoms with Crippen molar-refractivity contribution >= 4 is 168 Å². The summed E-state index contributed by atoms with van der Waals surface area (Å²) in [6.07, 6.45) is 0.666. The third kappa shape index (κ3) is 12.7. The molecule has 0 spiro atoms. The lowest BCUT2D eigenvalue weighted by molar-refractivity contribution is 0.484. The number of anilines is 2. The summed E-state index contributed by atoms with van der Waals surface area (Å²) < 4.78 is 0. The van der Waals surface area contributed by atoms with Crippen molar-refractivity contribution in [2.45, 2.75) is 84.5 Å². The molecular weight excluding hydrogens is 914 g/mol. The summed E-state index contributed by atoms with van der Waals surface area (Å²) in [7, 11) is 0. The number of benzene rings is 2. The minimum absolute atomic E-state index is 0.00794. The van der Waals surface area contributed by atoms with E-state index in [1.54, 1.807) is 0 Å². The highest BCUT2D eigenvalue weighted by molar-refractivity contribution is 7.67. The molecule has 4 unspecified atom stereocenters. The minimum atomic E-state index is -3.29. The van der Waals surface area contributed by atoms with Crippen molar-refractivity contribution in [3.63, 3.8) is 0 Å². The van der Waals surface area contributed by atoms with Crippen molar-refractivity contribution in [3.05, 3.63) is 59.7 Å². The first kappa shape index (κ1) is 45.5. The SMILES string of the molecule is CC(C)C(N(c1ccc(Cc2ccc(N(C(C(C)C)[Si](Cl)(Cl)Cl)C(C(C)C)[Si](Cl)(Cl)Cl)cc2)cc1)C(C(C)C)[Si](Cl)(Cl)Cl)[Si](Cl)(Cl)Cl. The normalized spacial score (nSPS) is 16.2. The van der Waals surface area contributed by atoms with Gasteiger partial charge in [0.05, 0.1) is 22.7 Å².